The van der Waals surface area contributed by atoms with Crippen LogP contribution < -0.4 is 11.1 Å². The Morgan fingerprint density at radius 1 is 1.19 bits per heavy atom. The van der Waals surface area contributed by atoms with Gasteiger partial charge in [-0.1, -0.05) is 30.7 Å². The predicted octanol–water partition coefficient (Wildman–Crippen LogP) is 0.840. The maximum absolute atomic E-state index is 12.7. The van der Waals surface area contributed by atoms with Gasteiger partial charge in [-0.15, -0.1) is 0 Å². The molecule has 1 aromatic carbocycles. The second kappa shape index (κ2) is 9.14. The molecule has 8 heteroatoms. The molecular formula is C19H29N3O4S. The molecule has 1 amide bonds. The van der Waals surface area contributed by atoms with Crippen molar-refractivity contribution in [3.63, 3.8) is 0 Å². The fraction of sp³-hybridized carbons (Fsp3) is 0.632. The first-order chi connectivity index (χ1) is 13.0. The van der Waals surface area contributed by atoms with Crippen LogP contribution in [0.2, 0.25) is 0 Å². The molecule has 1 aliphatic heterocycles. The van der Waals surface area contributed by atoms with Crippen molar-refractivity contribution in [2.24, 2.45) is 17.6 Å². The minimum Gasteiger partial charge on any atom is -0.379 e. The number of nitrogens with zero attached hydrogens (tertiary/aromatic N) is 1. The lowest BCUT2D eigenvalue weighted by Gasteiger charge is -2.26. The van der Waals surface area contributed by atoms with E-state index in [2.05, 4.69) is 5.32 Å². The van der Waals surface area contributed by atoms with Crippen molar-refractivity contribution in [1.82, 2.24) is 9.62 Å². The summed E-state index contributed by atoms with van der Waals surface area (Å²) in [6.45, 7) is 2.52. The van der Waals surface area contributed by atoms with E-state index in [1.165, 1.54) is 4.31 Å². The van der Waals surface area contributed by atoms with Crippen LogP contribution in [0.3, 0.4) is 0 Å². The van der Waals surface area contributed by atoms with Gasteiger partial charge in [-0.05, 0) is 36.4 Å². The predicted molar refractivity (Wildman–Crippen MR) is 103 cm³/mol. The molecule has 2 atom stereocenters. The second-order valence-corrected chi connectivity index (χ2v) is 9.26. The Kier molecular flexibility index (Phi) is 6.86. The van der Waals surface area contributed by atoms with Crippen LogP contribution in [-0.4, -0.2) is 51.5 Å². The third-order valence-electron chi connectivity index (χ3n) is 5.57. The summed E-state index contributed by atoms with van der Waals surface area (Å²) in [5.41, 5.74) is 7.34. The lowest BCUT2D eigenvalue weighted by atomic mass is 9.95. The van der Waals surface area contributed by atoms with Gasteiger partial charge in [0.25, 0.3) is 0 Å². The number of morpholine rings is 1. The molecule has 2 aliphatic rings. The van der Waals surface area contributed by atoms with Gasteiger partial charge < -0.3 is 15.8 Å². The summed E-state index contributed by atoms with van der Waals surface area (Å²) in [5, 5.41) is 2.99. The molecule has 1 saturated heterocycles. The van der Waals surface area contributed by atoms with Crippen molar-refractivity contribution < 1.29 is 17.9 Å². The Hall–Kier alpha value is -1.48. The average Bonchev–Trinajstić information content (AvgIpc) is 3.16. The number of hydrogen-bond acceptors (Lipinski definition) is 5. The van der Waals surface area contributed by atoms with Crippen LogP contribution in [-0.2, 0) is 31.9 Å². The second-order valence-electron chi connectivity index (χ2n) is 7.29. The van der Waals surface area contributed by atoms with Crippen molar-refractivity contribution in [2.45, 2.75) is 31.6 Å². The molecule has 0 spiro atoms. The van der Waals surface area contributed by atoms with E-state index in [-0.39, 0.29) is 23.5 Å². The minimum atomic E-state index is -3.40. The molecule has 7 nitrogen and oxygen atoms in total. The van der Waals surface area contributed by atoms with Gasteiger partial charge in [0.15, 0.2) is 0 Å². The molecule has 2 fully saturated rings. The quantitative estimate of drug-likeness (QED) is 0.712. The third-order valence-corrected chi connectivity index (χ3v) is 7.40. The maximum Gasteiger partial charge on any atom is 0.223 e. The number of carbonyl (C=O) groups is 1. The SMILES string of the molecule is NC[C@H]1CCC[C@H]1C(=O)NCc1ccccc1CS(=O)(=O)N1CCOCC1. The highest BCUT2D eigenvalue weighted by atomic mass is 32.2. The fourth-order valence-electron chi connectivity index (χ4n) is 3.96. The van der Waals surface area contributed by atoms with Crippen LogP contribution in [0, 0.1) is 11.8 Å². The van der Waals surface area contributed by atoms with Gasteiger partial charge in [0.1, 0.15) is 0 Å². The summed E-state index contributed by atoms with van der Waals surface area (Å²) in [7, 11) is -3.40. The van der Waals surface area contributed by atoms with Crippen LogP contribution in [0.5, 0.6) is 0 Å². The standard InChI is InChI=1S/C19H29N3O4S/c20-12-15-6-3-7-18(15)19(23)21-13-16-4-1-2-5-17(16)14-27(24,25)22-8-10-26-11-9-22/h1-2,4-5,15,18H,3,6-14,20H2,(H,21,23)/t15-,18-/m1/s1. The highest BCUT2D eigenvalue weighted by Crippen LogP contribution is 2.31. The van der Waals surface area contributed by atoms with Crippen molar-refractivity contribution >= 4 is 15.9 Å². The van der Waals surface area contributed by atoms with E-state index in [1.807, 2.05) is 24.3 Å². The first kappa shape index (κ1) is 20.3. The Morgan fingerprint density at radius 3 is 2.59 bits per heavy atom. The molecule has 27 heavy (non-hydrogen) atoms. The van der Waals surface area contributed by atoms with E-state index in [1.54, 1.807) is 0 Å². The molecule has 3 rings (SSSR count). The smallest absolute Gasteiger partial charge is 0.223 e. The Morgan fingerprint density at radius 2 is 1.89 bits per heavy atom. The summed E-state index contributed by atoms with van der Waals surface area (Å²) >= 11 is 0. The number of hydrogen-bond donors (Lipinski definition) is 2. The number of nitrogens with one attached hydrogen (secondary N) is 1. The molecule has 0 radical (unpaired) electrons. The number of rotatable bonds is 7. The Bertz CT molecular complexity index is 747. The first-order valence-corrected chi connectivity index (χ1v) is 11.2. The molecule has 1 heterocycles. The van der Waals surface area contributed by atoms with Gasteiger partial charge in [0.2, 0.25) is 15.9 Å². The van der Waals surface area contributed by atoms with E-state index in [0.29, 0.717) is 39.4 Å². The molecule has 3 N–H and O–H groups in total. The lowest BCUT2D eigenvalue weighted by molar-refractivity contribution is -0.126. The molecule has 150 valence electrons. The van der Waals surface area contributed by atoms with Crippen molar-refractivity contribution in [1.29, 1.82) is 0 Å². The zero-order valence-corrected chi connectivity index (χ0v) is 16.4. The molecule has 0 bridgehead atoms. The van der Waals surface area contributed by atoms with E-state index < -0.39 is 10.0 Å². The van der Waals surface area contributed by atoms with Gasteiger partial charge in [-0.25, -0.2) is 8.42 Å². The van der Waals surface area contributed by atoms with Crippen molar-refractivity contribution in [3.05, 3.63) is 35.4 Å². The zero-order chi connectivity index (χ0) is 19.3. The van der Waals surface area contributed by atoms with E-state index in [4.69, 9.17) is 10.5 Å². The van der Waals surface area contributed by atoms with Crippen LogP contribution in [0.4, 0.5) is 0 Å². The normalized spacial score (nSPS) is 24.0. The summed E-state index contributed by atoms with van der Waals surface area (Å²) < 4.78 is 32.1. The molecule has 0 aromatic heterocycles. The topological polar surface area (TPSA) is 102 Å². The zero-order valence-electron chi connectivity index (χ0n) is 15.6. The van der Waals surface area contributed by atoms with Gasteiger partial charge in [0.05, 0.1) is 19.0 Å². The number of carbonyl (C=O) groups excluding carboxylic acids is 1. The number of amides is 1. The molecular weight excluding hydrogens is 366 g/mol. The van der Waals surface area contributed by atoms with Gasteiger partial charge in [-0.3, -0.25) is 4.79 Å². The van der Waals surface area contributed by atoms with E-state index >= 15 is 0 Å². The Balaban J connectivity index is 1.64. The summed E-state index contributed by atoms with van der Waals surface area (Å²) in [6, 6.07) is 7.39. The highest BCUT2D eigenvalue weighted by molar-refractivity contribution is 7.88. The van der Waals surface area contributed by atoms with Crippen LogP contribution in [0.15, 0.2) is 24.3 Å². The number of sulfonamides is 1. The summed E-state index contributed by atoms with van der Waals surface area (Å²) in [4.78, 5) is 12.5. The molecule has 0 unspecified atom stereocenters. The molecule has 1 saturated carbocycles. The largest absolute Gasteiger partial charge is 0.379 e. The number of nitrogens with two attached hydrogens (primary N) is 1. The molecule has 1 aromatic rings. The van der Waals surface area contributed by atoms with Crippen molar-refractivity contribution in [3.8, 4) is 0 Å². The van der Waals surface area contributed by atoms with E-state index in [0.717, 1.165) is 30.4 Å². The van der Waals surface area contributed by atoms with Crippen LogP contribution in [0.25, 0.3) is 0 Å². The highest BCUT2D eigenvalue weighted by Gasteiger charge is 2.32. The van der Waals surface area contributed by atoms with Crippen LogP contribution >= 0.6 is 0 Å². The first-order valence-electron chi connectivity index (χ1n) is 9.61. The van der Waals surface area contributed by atoms with Crippen molar-refractivity contribution in [2.75, 3.05) is 32.8 Å². The van der Waals surface area contributed by atoms with Gasteiger partial charge in [0, 0.05) is 25.6 Å². The minimum absolute atomic E-state index is 0.0220. The van der Waals surface area contributed by atoms with E-state index in [9.17, 15) is 13.2 Å². The maximum atomic E-state index is 12.7. The molecule has 1 aliphatic carbocycles. The fourth-order valence-corrected chi connectivity index (χ4v) is 5.52. The average molecular weight is 396 g/mol. The van der Waals surface area contributed by atoms with Gasteiger partial charge >= 0.3 is 0 Å². The Labute approximate surface area is 161 Å². The monoisotopic (exact) mass is 395 g/mol. The number of benzene rings is 1. The summed E-state index contributed by atoms with van der Waals surface area (Å²) in [5.74, 6) is 0.184. The summed E-state index contributed by atoms with van der Waals surface area (Å²) in [6.07, 6.45) is 2.91. The lowest BCUT2D eigenvalue weighted by Crippen LogP contribution is -2.41. The number of ether oxygens (including phenoxy) is 1. The third kappa shape index (κ3) is 5.07. The van der Waals surface area contributed by atoms with Crippen LogP contribution in [0.1, 0.15) is 30.4 Å². The van der Waals surface area contributed by atoms with Gasteiger partial charge in [-0.2, -0.15) is 4.31 Å².